The quantitative estimate of drug-likeness (QED) is 0.0784. The molecule has 0 bridgehead atoms. The van der Waals surface area contributed by atoms with Gasteiger partial charge in [-0.15, -0.1) is 10.2 Å². The van der Waals surface area contributed by atoms with E-state index in [4.69, 9.17) is 25.2 Å². The van der Waals surface area contributed by atoms with Gasteiger partial charge in [0, 0.05) is 114 Å². The first-order valence-corrected chi connectivity index (χ1v) is 26.5. The molecule has 0 saturated carbocycles. The number of fused-ring (bicyclic) bond motifs is 3. The van der Waals surface area contributed by atoms with Crippen molar-refractivity contribution in [2.75, 3.05) is 103 Å². The Hall–Kier alpha value is -8.63. The lowest BCUT2D eigenvalue weighted by Crippen LogP contribution is -2.49. The van der Waals surface area contributed by atoms with E-state index in [0.29, 0.717) is 98.1 Å². The molecule has 2 aromatic heterocycles. The lowest BCUT2D eigenvalue weighted by molar-refractivity contribution is -0.132. The average Bonchev–Trinajstić information content (AvgIpc) is 4.20. The van der Waals surface area contributed by atoms with E-state index in [0.717, 1.165) is 74.6 Å². The van der Waals surface area contributed by atoms with Crippen molar-refractivity contribution < 1.29 is 34.1 Å². The van der Waals surface area contributed by atoms with Gasteiger partial charge in [0.25, 0.3) is 11.8 Å². The monoisotopic (exact) mass is 1060 g/mol. The molecule has 406 valence electrons. The second kappa shape index (κ2) is 23.3. The number of aromatic hydroxyl groups is 2. The summed E-state index contributed by atoms with van der Waals surface area (Å²) < 4.78 is 13.8. The summed E-state index contributed by atoms with van der Waals surface area (Å²) in [6.07, 6.45) is 3.86. The zero-order valence-electron chi connectivity index (χ0n) is 44.4. The van der Waals surface area contributed by atoms with E-state index in [9.17, 15) is 24.6 Å². The number of amides is 3. The van der Waals surface area contributed by atoms with E-state index in [1.54, 1.807) is 17.7 Å². The van der Waals surface area contributed by atoms with Crippen molar-refractivity contribution in [3.8, 4) is 40.1 Å². The molecule has 0 spiro atoms. The van der Waals surface area contributed by atoms with E-state index >= 15 is 0 Å². The third kappa shape index (κ3) is 11.3. The first-order valence-electron chi connectivity index (χ1n) is 26.5. The van der Waals surface area contributed by atoms with Crippen molar-refractivity contribution in [3.05, 3.63) is 119 Å². The van der Waals surface area contributed by atoms with Crippen LogP contribution in [0.15, 0.2) is 95.2 Å². The lowest BCUT2D eigenvalue weighted by atomic mass is 9.98. The van der Waals surface area contributed by atoms with Crippen LogP contribution in [0.1, 0.15) is 76.3 Å². The Kier molecular flexibility index (Phi) is 15.8. The number of methoxy groups -OCH3 is 1. The van der Waals surface area contributed by atoms with Crippen LogP contribution in [0.5, 0.6) is 23.0 Å². The highest BCUT2D eigenvalue weighted by Gasteiger charge is 2.34. The van der Waals surface area contributed by atoms with Crippen LogP contribution < -0.4 is 30.7 Å². The minimum absolute atomic E-state index is 0.0185. The number of nitrogens with one attached hydrogen (secondary N) is 2. The number of nitrogens with two attached hydrogens (primary N) is 1. The average molecular weight is 1060 g/mol. The Labute approximate surface area is 452 Å². The number of hydrogen-bond donors (Lipinski definition) is 5. The van der Waals surface area contributed by atoms with Crippen LogP contribution in [0.2, 0.25) is 0 Å². The number of amidine groups is 1. The molecule has 4 aliphatic heterocycles. The number of phenolic OH excluding ortho intramolecular Hbond substituents is 2. The zero-order valence-corrected chi connectivity index (χ0v) is 44.4. The van der Waals surface area contributed by atoms with E-state index in [2.05, 4.69) is 57.6 Å². The molecule has 22 nitrogen and oxygen atoms in total. The maximum absolute atomic E-state index is 13.9. The molecule has 3 amide bonds. The number of anilines is 2. The van der Waals surface area contributed by atoms with Crippen molar-refractivity contribution in [1.29, 1.82) is 0 Å². The molecule has 4 aromatic carbocycles. The fraction of sp³-hybridized carbons (Fsp3) is 0.375. The van der Waals surface area contributed by atoms with Gasteiger partial charge in [0.1, 0.15) is 23.0 Å². The number of hydrogen-bond acceptors (Lipinski definition) is 18. The maximum atomic E-state index is 13.9. The van der Waals surface area contributed by atoms with Gasteiger partial charge >= 0.3 is 0 Å². The minimum atomic E-state index is -0.425. The summed E-state index contributed by atoms with van der Waals surface area (Å²) in [5.41, 5.74) is 12.0. The topological polar surface area (TPSA) is 258 Å². The molecular formula is C56H65N15O7. The van der Waals surface area contributed by atoms with Crippen LogP contribution in [-0.4, -0.2) is 176 Å². The number of phenols is 2. The number of guanidine groups is 1. The van der Waals surface area contributed by atoms with Crippen LogP contribution >= 0.6 is 0 Å². The molecule has 0 atom stereocenters. The van der Waals surface area contributed by atoms with Gasteiger partial charge < -0.3 is 40.5 Å². The SMILES string of the molecule is CCNC(=O)c1nnc(-c2cc(C(C)C)c(O)cc2O)n1-c1ccc(CN2CCN(C(=O)Cc3ccccc3N3CCN(CCCOc4ccc5c(c4OC)N=C(NC(=O)c4cnc(N)nc4)N4CCN=C54)CC3)CC2)cc1. The highest BCUT2D eigenvalue weighted by molar-refractivity contribution is 6.20. The number of aliphatic imine (C=N–C) groups is 2. The smallest absolute Gasteiger partial charge is 0.289 e. The van der Waals surface area contributed by atoms with E-state index in [1.807, 2.05) is 79.1 Å². The Morgan fingerprint density at radius 3 is 2.29 bits per heavy atom. The fourth-order valence-electron chi connectivity index (χ4n) is 10.3. The van der Waals surface area contributed by atoms with Crippen molar-refractivity contribution in [2.24, 2.45) is 9.98 Å². The lowest BCUT2D eigenvalue weighted by Gasteiger charge is -2.37. The van der Waals surface area contributed by atoms with Crippen LogP contribution in [-0.2, 0) is 17.8 Å². The molecule has 0 aliphatic carbocycles. The first-order chi connectivity index (χ1) is 37.9. The second-order valence-electron chi connectivity index (χ2n) is 19.9. The molecule has 6 N–H and O–H groups in total. The number of nitrogens with zero attached hydrogens (tertiary/aromatic N) is 12. The number of piperazine rings is 2. The van der Waals surface area contributed by atoms with Crippen LogP contribution in [0, 0.1) is 0 Å². The standard InChI is InChI=1S/C56H65N15O7/c1-5-58-54(76)52-65-64-51(42-30-41(35(2)3)44(72)31-45(42)73)71(52)39-13-11-36(12-14-39)34-67-22-26-69(27-23-67)47(74)29-37-9-6-7-10-43(37)68-24-20-66(21-25-68)18-8-28-78-46-16-15-40-48(49(46)77-4)62-56(70-19-17-59-50(40)70)63-53(75)38-32-60-55(57)61-33-38/h6-7,9-16,30-33,35,72-73H,5,8,17-29,34H2,1-4H3,(H,58,76)(H2,57,60,61)(H,62,63,75). The largest absolute Gasteiger partial charge is 0.508 e. The normalized spacial score (nSPS) is 15.6. The molecule has 78 heavy (non-hydrogen) atoms. The van der Waals surface area contributed by atoms with E-state index in [1.165, 1.54) is 18.5 Å². The summed E-state index contributed by atoms with van der Waals surface area (Å²) in [7, 11) is 1.58. The Balaban J connectivity index is 0.698. The minimum Gasteiger partial charge on any atom is -0.508 e. The molecular weight excluding hydrogens is 995 g/mol. The molecule has 0 unspecified atom stereocenters. The Morgan fingerprint density at radius 1 is 0.821 bits per heavy atom. The first kappa shape index (κ1) is 52.8. The third-order valence-electron chi connectivity index (χ3n) is 14.5. The van der Waals surface area contributed by atoms with E-state index < -0.39 is 11.8 Å². The zero-order chi connectivity index (χ0) is 54.5. The van der Waals surface area contributed by atoms with Gasteiger partial charge in [-0.05, 0) is 72.4 Å². The van der Waals surface area contributed by atoms with Gasteiger partial charge in [-0.3, -0.25) is 44.0 Å². The number of benzene rings is 4. The molecule has 2 fully saturated rings. The van der Waals surface area contributed by atoms with Gasteiger partial charge in [-0.1, -0.05) is 44.2 Å². The van der Waals surface area contributed by atoms with Gasteiger partial charge in [0.2, 0.25) is 23.6 Å². The van der Waals surface area contributed by atoms with Gasteiger partial charge in [0.05, 0.1) is 37.8 Å². The highest BCUT2D eigenvalue weighted by Crippen LogP contribution is 2.44. The molecule has 10 rings (SSSR count). The summed E-state index contributed by atoms with van der Waals surface area (Å²) in [5, 5.41) is 35.7. The van der Waals surface area contributed by atoms with Gasteiger partial charge in [-0.25, -0.2) is 15.0 Å². The molecule has 22 heteroatoms. The van der Waals surface area contributed by atoms with Crippen molar-refractivity contribution in [1.82, 2.24) is 55.0 Å². The summed E-state index contributed by atoms with van der Waals surface area (Å²) in [5.74, 6) is 1.54. The third-order valence-corrected chi connectivity index (χ3v) is 14.5. The number of rotatable bonds is 17. The molecule has 4 aliphatic rings. The highest BCUT2D eigenvalue weighted by atomic mass is 16.5. The summed E-state index contributed by atoms with van der Waals surface area (Å²) in [6, 6.07) is 22.9. The number of nitrogen functional groups attached to an aromatic ring is 1. The summed E-state index contributed by atoms with van der Waals surface area (Å²) >= 11 is 0. The number of para-hydroxylation sites is 1. The fourth-order valence-corrected chi connectivity index (χ4v) is 10.3. The van der Waals surface area contributed by atoms with E-state index in [-0.39, 0.29) is 46.5 Å². The van der Waals surface area contributed by atoms with Crippen LogP contribution in [0.4, 0.5) is 17.3 Å². The van der Waals surface area contributed by atoms with Gasteiger partial charge in [-0.2, -0.15) is 0 Å². The predicted octanol–water partition coefficient (Wildman–Crippen LogP) is 4.57. The molecule has 2 saturated heterocycles. The Bertz CT molecular complexity index is 3240. The number of aromatic nitrogens is 5. The van der Waals surface area contributed by atoms with Crippen molar-refractivity contribution in [2.45, 2.75) is 46.1 Å². The number of ether oxygens (including phenoxy) is 2. The van der Waals surface area contributed by atoms with Crippen LogP contribution in [0.25, 0.3) is 17.1 Å². The van der Waals surface area contributed by atoms with Crippen molar-refractivity contribution in [3.63, 3.8) is 0 Å². The molecule has 6 heterocycles. The molecule has 6 aromatic rings. The summed E-state index contributed by atoms with van der Waals surface area (Å²) in [6.45, 7) is 15.4. The Morgan fingerprint density at radius 2 is 1.56 bits per heavy atom. The maximum Gasteiger partial charge on any atom is 0.289 e. The van der Waals surface area contributed by atoms with Gasteiger partial charge in [0.15, 0.2) is 17.3 Å². The number of carbonyl (C=O) groups is 3. The number of carbonyl (C=O) groups excluding carboxylic acids is 3. The van der Waals surface area contributed by atoms with Crippen LogP contribution in [0.3, 0.4) is 0 Å². The molecule has 0 radical (unpaired) electrons. The second-order valence-corrected chi connectivity index (χ2v) is 19.9. The van der Waals surface area contributed by atoms with Crippen molar-refractivity contribution >= 4 is 46.8 Å². The summed E-state index contributed by atoms with van der Waals surface area (Å²) in [4.78, 5) is 68.6. The predicted molar refractivity (Wildman–Crippen MR) is 295 cm³/mol.